The Labute approximate surface area is 110 Å². The molecule has 1 amide bonds. The van der Waals surface area contributed by atoms with E-state index in [1.165, 1.54) is 19.2 Å². The number of methoxy groups -OCH3 is 1. The molecule has 0 aromatic heterocycles. The first kappa shape index (κ1) is 15.1. The van der Waals surface area contributed by atoms with E-state index in [-0.39, 0.29) is 18.7 Å². The van der Waals surface area contributed by atoms with Crippen molar-refractivity contribution in [2.45, 2.75) is 6.92 Å². The minimum absolute atomic E-state index is 0.134. The van der Waals surface area contributed by atoms with Crippen molar-refractivity contribution in [3.05, 3.63) is 35.1 Å². The Balaban J connectivity index is 2.93. The standard InChI is InChI=1S/C13H16FNO4/c1-9-5-10(7-11(14)6-9)13(18)15(3-4-19-2)8-12(16)17/h5-7H,3-4,8H2,1-2H3,(H,16,17). The van der Waals surface area contributed by atoms with Crippen molar-refractivity contribution in [2.24, 2.45) is 0 Å². The predicted octanol–water partition coefficient (Wildman–Crippen LogP) is 1.31. The third-order valence-electron chi connectivity index (χ3n) is 2.47. The Hall–Kier alpha value is -1.95. The summed E-state index contributed by atoms with van der Waals surface area (Å²) in [6.07, 6.45) is 0. The van der Waals surface area contributed by atoms with E-state index < -0.39 is 24.2 Å². The van der Waals surface area contributed by atoms with Crippen LogP contribution in [0.2, 0.25) is 0 Å². The minimum Gasteiger partial charge on any atom is -0.480 e. The molecule has 0 aliphatic rings. The molecule has 1 aromatic carbocycles. The number of hydrogen-bond acceptors (Lipinski definition) is 3. The summed E-state index contributed by atoms with van der Waals surface area (Å²) in [5.41, 5.74) is 0.736. The van der Waals surface area contributed by atoms with Gasteiger partial charge in [0.1, 0.15) is 12.4 Å². The van der Waals surface area contributed by atoms with Crippen LogP contribution in [0.1, 0.15) is 15.9 Å². The van der Waals surface area contributed by atoms with E-state index in [4.69, 9.17) is 9.84 Å². The summed E-state index contributed by atoms with van der Waals surface area (Å²) in [4.78, 5) is 24.0. The highest BCUT2D eigenvalue weighted by Crippen LogP contribution is 2.11. The van der Waals surface area contributed by atoms with Crippen LogP contribution in [0, 0.1) is 12.7 Å². The van der Waals surface area contributed by atoms with Crippen molar-refractivity contribution in [3.8, 4) is 0 Å². The van der Waals surface area contributed by atoms with Crippen LogP contribution in [-0.2, 0) is 9.53 Å². The maximum atomic E-state index is 13.3. The SMILES string of the molecule is COCCN(CC(=O)O)C(=O)c1cc(C)cc(F)c1. The predicted molar refractivity (Wildman–Crippen MR) is 66.6 cm³/mol. The highest BCUT2D eigenvalue weighted by molar-refractivity contribution is 5.96. The van der Waals surface area contributed by atoms with Crippen molar-refractivity contribution >= 4 is 11.9 Å². The number of carbonyl (C=O) groups is 2. The Morgan fingerprint density at radius 2 is 2.05 bits per heavy atom. The number of rotatable bonds is 6. The molecular formula is C13H16FNO4. The Morgan fingerprint density at radius 1 is 1.37 bits per heavy atom. The lowest BCUT2D eigenvalue weighted by Crippen LogP contribution is -2.38. The second-order valence-corrected chi connectivity index (χ2v) is 4.13. The highest BCUT2D eigenvalue weighted by atomic mass is 19.1. The van der Waals surface area contributed by atoms with Crippen LogP contribution in [0.4, 0.5) is 4.39 Å². The van der Waals surface area contributed by atoms with Gasteiger partial charge in [-0.25, -0.2) is 4.39 Å². The lowest BCUT2D eigenvalue weighted by atomic mass is 10.1. The average molecular weight is 269 g/mol. The van der Waals surface area contributed by atoms with Gasteiger partial charge in [0.05, 0.1) is 6.61 Å². The molecule has 1 aromatic rings. The maximum absolute atomic E-state index is 13.3. The van der Waals surface area contributed by atoms with Crippen molar-refractivity contribution in [1.29, 1.82) is 0 Å². The molecule has 0 atom stereocenters. The number of aryl methyl sites for hydroxylation is 1. The molecule has 0 bridgehead atoms. The van der Waals surface area contributed by atoms with Gasteiger partial charge in [-0.1, -0.05) is 0 Å². The monoisotopic (exact) mass is 269 g/mol. The van der Waals surface area contributed by atoms with Crippen molar-refractivity contribution in [2.75, 3.05) is 26.8 Å². The molecule has 0 saturated heterocycles. The molecule has 19 heavy (non-hydrogen) atoms. The molecule has 6 heteroatoms. The van der Waals surface area contributed by atoms with Crippen molar-refractivity contribution in [3.63, 3.8) is 0 Å². The van der Waals surface area contributed by atoms with E-state index in [0.29, 0.717) is 5.56 Å². The number of nitrogens with zero attached hydrogens (tertiary/aromatic N) is 1. The van der Waals surface area contributed by atoms with Gasteiger partial charge in [-0.3, -0.25) is 9.59 Å². The van der Waals surface area contributed by atoms with Crippen LogP contribution in [0.15, 0.2) is 18.2 Å². The molecule has 0 radical (unpaired) electrons. The molecule has 0 aliphatic carbocycles. The van der Waals surface area contributed by atoms with E-state index in [2.05, 4.69) is 0 Å². The van der Waals surface area contributed by atoms with Gasteiger partial charge in [0.25, 0.3) is 5.91 Å². The average Bonchev–Trinajstić information content (AvgIpc) is 2.32. The van der Waals surface area contributed by atoms with Crippen molar-refractivity contribution in [1.82, 2.24) is 4.90 Å². The van der Waals surface area contributed by atoms with E-state index in [9.17, 15) is 14.0 Å². The van der Waals surface area contributed by atoms with Crippen molar-refractivity contribution < 1.29 is 23.8 Å². The number of carboxylic acids is 1. The Morgan fingerprint density at radius 3 is 2.58 bits per heavy atom. The van der Waals surface area contributed by atoms with Gasteiger partial charge >= 0.3 is 5.97 Å². The topological polar surface area (TPSA) is 66.8 Å². The first-order valence-corrected chi connectivity index (χ1v) is 5.71. The van der Waals surface area contributed by atoms with Crippen LogP contribution < -0.4 is 0 Å². The second kappa shape index (κ2) is 6.84. The summed E-state index contributed by atoms with van der Waals surface area (Å²) in [6, 6.07) is 3.91. The lowest BCUT2D eigenvalue weighted by Gasteiger charge is -2.20. The molecule has 0 spiro atoms. The molecule has 0 aliphatic heterocycles. The van der Waals surface area contributed by atoms with Gasteiger partial charge < -0.3 is 14.7 Å². The Kier molecular flexibility index (Phi) is 5.44. The number of halogens is 1. The minimum atomic E-state index is -1.13. The normalized spacial score (nSPS) is 10.3. The largest absolute Gasteiger partial charge is 0.480 e. The summed E-state index contributed by atoms with van der Waals surface area (Å²) in [5.74, 6) is -2.18. The zero-order valence-electron chi connectivity index (χ0n) is 10.9. The quantitative estimate of drug-likeness (QED) is 0.845. The number of hydrogen-bond donors (Lipinski definition) is 1. The van der Waals surface area contributed by atoms with Gasteiger partial charge in [0.2, 0.25) is 0 Å². The van der Waals surface area contributed by atoms with Gasteiger partial charge in [-0.15, -0.1) is 0 Å². The van der Waals surface area contributed by atoms with E-state index in [0.717, 1.165) is 11.0 Å². The summed E-state index contributed by atoms with van der Waals surface area (Å²) in [7, 11) is 1.45. The fourth-order valence-electron chi connectivity index (χ4n) is 1.66. The van der Waals surface area contributed by atoms with Gasteiger partial charge in [-0.2, -0.15) is 0 Å². The molecule has 104 valence electrons. The Bertz CT molecular complexity index is 455. The third kappa shape index (κ3) is 4.67. The number of aliphatic carboxylic acids is 1. The number of benzene rings is 1. The van der Waals surface area contributed by atoms with Crippen LogP contribution in [0.5, 0.6) is 0 Å². The summed E-state index contributed by atoms with van der Waals surface area (Å²) in [6.45, 7) is 1.57. The molecule has 0 saturated carbocycles. The zero-order chi connectivity index (χ0) is 14.4. The number of carboxylic acid groups (broad SMARTS) is 1. The van der Waals surface area contributed by atoms with Gasteiger partial charge in [0, 0.05) is 19.2 Å². The third-order valence-corrected chi connectivity index (χ3v) is 2.47. The molecule has 5 nitrogen and oxygen atoms in total. The van der Waals surface area contributed by atoms with Gasteiger partial charge in [0.15, 0.2) is 0 Å². The summed E-state index contributed by atoms with van der Waals surface area (Å²) >= 11 is 0. The number of ether oxygens (including phenoxy) is 1. The van der Waals surface area contributed by atoms with Crippen LogP contribution in [0.25, 0.3) is 0 Å². The molecule has 0 fully saturated rings. The van der Waals surface area contributed by atoms with E-state index >= 15 is 0 Å². The second-order valence-electron chi connectivity index (χ2n) is 4.13. The molecule has 1 rings (SSSR count). The highest BCUT2D eigenvalue weighted by Gasteiger charge is 2.19. The first-order valence-electron chi connectivity index (χ1n) is 5.71. The van der Waals surface area contributed by atoms with Crippen LogP contribution >= 0.6 is 0 Å². The van der Waals surface area contributed by atoms with Crippen LogP contribution in [-0.4, -0.2) is 48.7 Å². The molecule has 0 heterocycles. The molecule has 0 unspecified atom stereocenters. The maximum Gasteiger partial charge on any atom is 0.323 e. The smallest absolute Gasteiger partial charge is 0.323 e. The summed E-state index contributed by atoms with van der Waals surface area (Å²) < 4.78 is 18.1. The zero-order valence-corrected chi connectivity index (χ0v) is 10.9. The van der Waals surface area contributed by atoms with Crippen LogP contribution in [0.3, 0.4) is 0 Å². The molecule has 1 N–H and O–H groups in total. The lowest BCUT2D eigenvalue weighted by molar-refractivity contribution is -0.137. The summed E-state index contributed by atoms with van der Waals surface area (Å²) in [5, 5.41) is 8.78. The van der Waals surface area contributed by atoms with E-state index in [1.807, 2.05) is 0 Å². The van der Waals surface area contributed by atoms with Gasteiger partial charge in [-0.05, 0) is 30.7 Å². The molecular weight excluding hydrogens is 253 g/mol. The fraction of sp³-hybridized carbons (Fsp3) is 0.385. The first-order chi connectivity index (χ1) is 8.93. The van der Waals surface area contributed by atoms with E-state index in [1.54, 1.807) is 6.92 Å². The fourth-order valence-corrected chi connectivity index (χ4v) is 1.66. The number of amides is 1. The number of carbonyl (C=O) groups excluding carboxylic acids is 1.